The molecule has 2 saturated heterocycles. The number of benzene rings is 1. The third-order valence-corrected chi connectivity index (χ3v) is 5.17. The average Bonchev–Trinajstić information content (AvgIpc) is 2.68. The molecule has 5 heteroatoms. The van der Waals surface area contributed by atoms with Crippen LogP contribution in [0.15, 0.2) is 30.3 Å². The lowest BCUT2D eigenvalue weighted by Gasteiger charge is -2.33. The van der Waals surface area contributed by atoms with Gasteiger partial charge in [0.1, 0.15) is 6.61 Å². The zero-order valence-electron chi connectivity index (χ0n) is 15.1. The summed E-state index contributed by atoms with van der Waals surface area (Å²) in [5.41, 5.74) is 1.04. The van der Waals surface area contributed by atoms with E-state index in [2.05, 4.69) is 4.90 Å². The second kappa shape index (κ2) is 9.78. The van der Waals surface area contributed by atoms with Crippen molar-refractivity contribution in [2.45, 2.75) is 32.3 Å². The predicted octanol–water partition coefficient (Wildman–Crippen LogP) is 3.15. The molecule has 0 N–H and O–H groups in total. The number of carbonyl (C=O) groups excluding carboxylic acids is 1. The largest absolute Gasteiger partial charge is 0.445 e. The van der Waals surface area contributed by atoms with Crippen molar-refractivity contribution < 1.29 is 14.3 Å². The first-order valence-corrected chi connectivity index (χ1v) is 9.57. The zero-order chi connectivity index (χ0) is 17.3. The van der Waals surface area contributed by atoms with Crippen molar-refractivity contribution in [2.75, 3.05) is 45.9 Å². The van der Waals surface area contributed by atoms with Gasteiger partial charge < -0.3 is 14.4 Å². The lowest BCUT2D eigenvalue weighted by molar-refractivity contribution is 0.0357. The summed E-state index contributed by atoms with van der Waals surface area (Å²) in [7, 11) is 0. The van der Waals surface area contributed by atoms with Crippen LogP contribution in [0, 0.1) is 5.92 Å². The van der Waals surface area contributed by atoms with E-state index in [1.165, 1.54) is 19.3 Å². The Hall–Kier alpha value is -1.59. The van der Waals surface area contributed by atoms with Crippen LogP contribution in [0.25, 0.3) is 0 Å². The SMILES string of the molecule is O=C(OCc1ccccc1)N1CCCC(CCCN2CCOCC2)C1. The topological polar surface area (TPSA) is 42.0 Å². The monoisotopic (exact) mass is 346 g/mol. The number of nitrogens with zero attached hydrogens (tertiary/aromatic N) is 2. The first-order chi connectivity index (χ1) is 12.3. The van der Waals surface area contributed by atoms with Crippen LogP contribution in [0.1, 0.15) is 31.2 Å². The van der Waals surface area contributed by atoms with E-state index < -0.39 is 0 Å². The summed E-state index contributed by atoms with van der Waals surface area (Å²) in [6, 6.07) is 9.87. The van der Waals surface area contributed by atoms with Gasteiger partial charge in [-0.15, -0.1) is 0 Å². The van der Waals surface area contributed by atoms with Crippen molar-refractivity contribution in [3.8, 4) is 0 Å². The molecular formula is C20H30N2O3. The van der Waals surface area contributed by atoms with E-state index >= 15 is 0 Å². The first kappa shape index (κ1) is 18.2. The molecule has 0 bridgehead atoms. The molecule has 0 spiro atoms. The molecule has 1 aromatic rings. The van der Waals surface area contributed by atoms with Gasteiger partial charge in [0.2, 0.25) is 0 Å². The maximum Gasteiger partial charge on any atom is 0.410 e. The number of hydrogen-bond acceptors (Lipinski definition) is 4. The van der Waals surface area contributed by atoms with Gasteiger partial charge in [-0.25, -0.2) is 4.79 Å². The highest BCUT2D eigenvalue weighted by atomic mass is 16.6. The summed E-state index contributed by atoms with van der Waals surface area (Å²) in [6.07, 6.45) is 4.55. The standard InChI is InChI=1S/C20H30N2O3/c23-20(25-17-19-6-2-1-3-7-19)22-11-5-9-18(16-22)8-4-10-21-12-14-24-15-13-21/h1-3,6-7,18H,4-5,8-17H2. The Bertz CT molecular complexity index is 517. The van der Waals surface area contributed by atoms with Gasteiger partial charge in [-0.1, -0.05) is 30.3 Å². The minimum atomic E-state index is -0.165. The molecule has 0 radical (unpaired) electrons. The summed E-state index contributed by atoms with van der Waals surface area (Å²) < 4.78 is 10.9. The summed E-state index contributed by atoms with van der Waals surface area (Å²) >= 11 is 0. The second-order valence-corrected chi connectivity index (χ2v) is 7.09. The maximum absolute atomic E-state index is 12.3. The van der Waals surface area contributed by atoms with Gasteiger partial charge >= 0.3 is 6.09 Å². The predicted molar refractivity (Wildman–Crippen MR) is 97.4 cm³/mol. The number of morpholine rings is 1. The summed E-state index contributed by atoms with van der Waals surface area (Å²) in [5, 5.41) is 0. The molecule has 3 rings (SSSR count). The molecule has 2 aliphatic rings. The van der Waals surface area contributed by atoms with Gasteiger partial charge in [-0.05, 0) is 43.7 Å². The number of amides is 1. The van der Waals surface area contributed by atoms with Gasteiger partial charge in [0.05, 0.1) is 13.2 Å². The number of ether oxygens (including phenoxy) is 2. The van der Waals surface area contributed by atoms with Crippen molar-refractivity contribution in [2.24, 2.45) is 5.92 Å². The highest BCUT2D eigenvalue weighted by Gasteiger charge is 2.24. The molecule has 0 aliphatic carbocycles. The Kier molecular flexibility index (Phi) is 7.12. The van der Waals surface area contributed by atoms with Crippen molar-refractivity contribution in [3.05, 3.63) is 35.9 Å². The Morgan fingerprint density at radius 2 is 1.96 bits per heavy atom. The quantitative estimate of drug-likeness (QED) is 0.793. The number of carbonyl (C=O) groups is 1. The minimum Gasteiger partial charge on any atom is -0.445 e. The van der Waals surface area contributed by atoms with Gasteiger partial charge in [0.15, 0.2) is 0 Å². The minimum absolute atomic E-state index is 0.165. The van der Waals surface area contributed by atoms with Crippen LogP contribution < -0.4 is 0 Å². The Morgan fingerprint density at radius 1 is 1.16 bits per heavy atom. The third-order valence-electron chi connectivity index (χ3n) is 5.17. The van der Waals surface area contributed by atoms with E-state index in [0.29, 0.717) is 12.5 Å². The fraction of sp³-hybridized carbons (Fsp3) is 0.650. The zero-order valence-corrected chi connectivity index (χ0v) is 15.1. The van der Waals surface area contributed by atoms with Crippen LogP contribution >= 0.6 is 0 Å². The van der Waals surface area contributed by atoms with Crippen molar-refractivity contribution in [3.63, 3.8) is 0 Å². The Morgan fingerprint density at radius 3 is 2.76 bits per heavy atom. The van der Waals surface area contributed by atoms with Crippen LogP contribution in [-0.2, 0) is 16.1 Å². The molecule has 1 unspecified atom stereocenters. The van der Waals surface area contributed by atoms with Crippen LogP contribution in [-0.4, -0.2) is 61.8 Å². The molecule has 2 aliphatic heterocycles. The molecule has 5 nitrogen and oxygen atoms in total. The number of likely N-dealkylation sites (tertiary alicyclic amines) is 1. The summed E-state index contributed by atoms with van der Waals surface area (Å²) in [5.74, 6) is 0.610. The molecule has 138 valence electrons. The lowest BCUT2D eigenvalue weighted by Crippen LogP contribution is -2.40. The molecular weight excluding hydrogens is 316 g/mol. The van der Waals surface area contributed by atoms with E-state index in [-0.39, 0.29) is 6.09 Å². The highest BCUT2D eigenvalue weighted by Crippen LogP contribution is 2.22. The molecule has 0 aromatic heterocycles. The van der Waals surface area contributed by atoms with Crippen molar-refractivity contribution >= 4 is 6.09 Å². The van der Waals surface area contributed by atoms with Crippen LogP contribution in [0.2, 0.25) is 0 Å². The fourth-order valence-electron chi connectivity index (χ4n) is 3.71. The highest BCUT2D eigenvalue weighted by molar-refractivity contribution is 5.67. The van der Waals surface area contributed by atoms with E-state index in [0.717, 1.165) is 57.9 Å². The number of rotatable bonds is 6. The molecule has 2 fully saturated rings. The second-order valence-electron chi connectivity index (χ2n) is 7.09. The lowest BCUT2D eigenvalue weighted by atomic mass is 9.93. The average molecular weight is 346 g/mol. The maximum atomic E-state index is 12.3. The number of hydrogen-bond donors (Lipinski definition) is 0. The van der Waals surface area contributed by atoms with Crippen molar-refractivity contribution in [1.82, 2.24) is 9.80 Å². The van der Waals surface area contributed by atoms with Crippen molar-refractivity contribution in [1.29, 1.82) is 0 Å². The van der Waals surface area contributed by atoms with Crippen LogP contribution in [0.4, 0.5) is 4.79 Å². The van der Waals surface area contributed by atoms with Gasteiger partial charge in [0.25, 0.3) is 0 Å². The normalized spacial score (nSPS) is 21.9. The fourth-order valence-corrected chi connectivity index (χ4v) is 3.71. The number of piperidine rings is 1. The molecule has 2 heterocycles. The first-order valence-electron chi connectivity index (χ1n) is 9.57. The van der Waals surface area contributed by atoms with E-state index in [1.54, 1.807) is 0 Å². The van der Waals surface area contributed by atoms with Gasteiger partial charge in [0, 0.05) is 26.2 Å². The van der Waals surface area contributed by atoms with E-state index in [4.69, 9.17) is 9.47 Å². The Balaban J connectivity index is 1.36. The van der Waals surface area contributed by atoms with E-state index in [9.17, 15) is 4.79 Å². The molecule has 1 amide bonds. The van der Waals surface area contributed by atoms with Gasteiger partial charge in [-0.3, -0.25) is 4.90 Å². The molecule has 1 aromatic carbocycles. The van der Waals surface area contributed by atoms with Crippen LogP contribution in [0.5, 0.6) is 0 Å². The summed E-state index contributed by atoms with van der Waals surface area (Å²) in [4.78, 5) is 16.7. The molecule has 0 saturated carbocycles. The van der Waals surface area contributed by atoms with E-state index in [1.807, 2.05) is 35.2 Å². The molecule has 1 atom stereocenters. The Labute approximate surface area is 150 Å². The van der Waals surface area contributed by atoms with Gasteiger partial charge in [-0.2, -0.15) is 0 Å². The summed E-state index contributed by atoms with van der Waals surface area (Å²) in [6.45, 7) is 7.03. The smallest absolute Gasteiger partial charge is 0.410 e. The van der Waals surface area contributed by atoms with Crippen LogP contribution in [0.3, 0.4) is 0 Å². The third kappa shape index (κ3) is 6.01. The molecule has 25 heavy (non-hydrogen) atoms.